The minimum Gasteiger partial charge on any atom is -0.497 e. The number of hydrogen-bond donors (Lipinski definition) is 1. The molecule has 2 aromatic carbocycles. The van der Waals surface area contributed by atoms with Gasteiger partial charge in [-0.15, -0.1) is 13.2 Å². The highest BCUT2D eigenvalue weighted by Gasteiger charge is 2.80. The Labute approximate surface area is 247 Å². The second-order valence-electron chi connectivity index (χ2n) is 11.5. The molecule has 5 rings (SSSR count). The van der Waals surface area contributed by atoms with E-state index in [1.165, 1.54) is 4.90 Å². The fraction of sp³-hybridized carbons (Fsp3) is 0.424. The molecule has 3 aliphatic rings. The molecule has 0 saturated carbocycles. The van der Waals surface area contributed by atoms with Crippen molar-refractivity contribution in [2.24, 2.45) is 17.8 Å². The first-order valence-corrected chi connectivity index (χ1v) is 14.3. The minimum atomic E-state index is -1.24. The van der Waals surface area contributed by atoms with Crippen LogP contribution < -0.4 is 14.5 Å². The number of aliphatic hydroxyl groups is 1. The molecular formula is C33H39N3O6. The van der Waals surface area contributed by atoms with Crippen LogP contribution in [0.15, 0.2) is 79.9 Å². The number of hydrogen-bond acceptors (Lipinski definition) is 6. The molecule has 3 aliphatic heterocycles. The van der Waals surface area contributed by atoms with Crippen LogP contribution in [0.25, 0.3) is 0 Å². The molecule has 3 heterocycles. The molecule has 1 N–H and O–H groups in total. The van der Waals surface area contributed by atoms with Gasteiger partial charge >= 0.3 is 0 Å². The number of β-amino-alcohol motifs (C(OH)–C–C–N with tert-alkyl or cyclic N) is 1. The molecule has 0 aliphatic carbocycles. The van der Waals surface area contributed by atoms with Crippen LogP contribution in [0.3, 0.4) is 0 Å². The summed E-state index contributed by atoms with van der Waals surface area (Å²) in [6, 6.07) is 15.3. The van der Waals surface area contributed by atoms with Gasteiger partial charge in [-0.2, -0.15) is 0 Å². The number of aliphatic hydroxyl groups excluding tert-OH is 1. The predicted molar refractivity (Wildman–Crippen MR) is 160 cm³/mol. The van der Waals surface area contributed by atoms with Gasteiger partial charge in [-0.25, -0.2) is 0 Å². The monoisotopic (exact) mass is 573 g/mol. The third kappa shape index (κ3) is 4.42. The maximum Gasteiger partial charge on any atom is 0.253 e. The Morgan fingerprint density at radius 3 is 2.21 bits per heavy atom. The second-order valence-corrected chi connectivity index (χ2v) is 11.5. The highest BCUT2D eigenvalue weighted by Crippen LogP contribution is 2.65. The first-order valence-electron chi connectivity index (χ1n) is 14.3. The molecule has 3 unspecified atom stereocenters. The average Bonchev–Trinajstić information content (AvgIpc) is 3.51. The summed E-state index contributed by atoms with van der Waals surface area (Å²) in [6.45, 7) is 11.7. The van der Waals surface area contributed by atoms with Crippen molar-refractivity contribution in [2.45, 2.75) is 37.5 Å². The second kappa shape index (κ2) is 11.4. The Balaban J connectivity index is 1.60. The zero-order valence-electron chi connectivity index (χ0n) is 24.4. The number of amides is 3. The zero-order chi connectivity index (χ0) is 30.2. The van der Waals surface area contributed by atoms with Crippen molar-refractivity contribution >= 4 is 29.1 Å². The van der Waals surface area contributed by atoms with Crippen molar-refractivity contribution in [3.8, 4) is 5.75 Å². The molecule has 2 aromatic rings. The van der Waals surface area contributed by atoms with Crippen LogP contribution in [0.5, 0.6) is 5.75 Å². The van der Waals surface area contributed by atoms with Gasteiger partial charge in [0.05, 0.1) is 31.2 Å². The maximum absolute atomic E-state index is 14.6. The van der Waals surface area contributed by atoms with E-state index >= 15 is 0 Å². The van der Waals surface area contributed by atoms with Crippen LogP contribution in [0.4, 0.5) is 11.4 Å². The summed E-state index contributed by atoms with van der Waals surface area (Å²) in [5.74, 6) is -2.13. The molecule has 2 bridgehead atoms. The van der Waals surface area contributed by atoms with E-state index in [4.69, 9.17) is 9.47 Å². The first kappa shape index (κ1) is 29.5. The molecule has 0 aromatic heterocycles. The summed E-state index contributed by atoms with van der Waals surface area (Å²) in [5, 5.41) is 10.00. The SMILES string of the molecule is C=CCN(C(=O)C1N(CCO)C(=O)[C@@H]2[C@@H](C(=O)N(CC=C)c3ccccc3)[C@]3(C)OC12CC3C)c1ccc(OC)cc1. The van der Waals surface area contributed by atoms with E-state index in [0.29, 0.717) is 23.5 Å². The van der Waals surface area contributed by atoms with E-state index < -0.39 is 29.1 Å². The Kier molecular flexibility index (Phi) is 8.00. The predicted octanol–water partition coefficient (Wildman–Crippen LogP) is 3.44. The van der Waals surface area contributed by atoms with Gasteiger partial charge in [0.25, 0.3) is 5.91 Å². The number of carbonyl (C=O) groups excluding carboxylic acids is 3. The number of benzene rings is 2. The molecule has 9 heteroatoms. The molecule has 6 atom stereocenters. The minimum absolute atomic E-state index is 0.0531. The summed E-state index contributed by atoms with van der Waals surface area (Å²) in [5.41, 5.74) is -0.908. The fourth-order valence-corrected chi connectivity index (χ4v) is 7.33. The Morgan fingerprint density at radius 2 is 1.64 bits per heavy atom. The van der Waals surface area contributed by atoms with Crippen LogP contribution in [0.1, 0.15) is 20.3 Å². The summed E-state index contributed by atoms with van der Waals surface area (Å²) < 4.78 is 12.1. The average molecular weight is 574 g/mol. The Hall–Kier alpha value is -3.95. The summed E-state index contributed by atoms with van der Waals surface area (Å²) in [7, 11) is 1.57. The largest absolute Gasteiger partial charge is 0.497 e. The smallest absolute Gasteiger partial charge is 0.253 e. The van der Waals surface area contributed by atoms with Crippen molar-refractivity contribution < 1.29 is 29.0 Å². The van der Waals surface area contributed by atoms with Gasteiger partial charge in [-0.05, 0) is 55.7 Å². The highest BCUT2D eigenvalue weighted by molar-refractivity contribution is 6.07. The zero-order valence-corrected chi connectivity index (χ0v) is 24.4. The molecule has 222 valence electrons. The van der Waals surface area contributed by atoms with Crippen LogP contribution in [0.2, 0.25) is 0 Å². The van der Waals surface area contributed by atoms with Crippen LogP contribution in [-0.4, -0.2) is 78.3 Å². The molecule has 42 heavy (non-hydrogen) atoms. The van der Waals surface area contributed by atoms with Crippen molar-refractivity contribution in [3.63, 3.8) is 0 Å². The molecule has 3 saturated heterocycles. The number of ether oxygens (including phenoxy) is 2. The lowest BCUT2D eigenvalue weighted by molar-refractivity contribution is -0.146. The summed E-state index contributed by atoms with van der Waals surface area (Å²) >= 11 is 0. The number of methoxy groups -OCH3 is 1. The summed E-state index contributed by atoms with van der Waals surface area (Å²) in [6.07, 6.45) is 3.71. The number of anilines is 2. The van der Waals surface area contributed by atoms with E-state index in [1.807, 2.05) is 44.2 Å². The lowest BCUT2D eigenvalue weighted by Gasteiger charge is -2.39. The van der Waals surface area contributed by atoms with Crippen molar-refractivity contribution in [1.82, 2.24) is 4.90 Å². The number of rotatable bonds is 11. The van der Waals surface area contributed by atoms with Crippen molar-refractivity contribution in [1.29, 1.82) is 0 Å². The van der Waals surface area contributed by atoms with E-state index in [1.54, 1.807) is 53.3 Å². The topological polar surface area (TPSA) is 99.6 Å². The lowest BCUT2D eigenvalue weighted by Crippen LogP contribution is -2.57. The molecule has 0 radical (unpaired) electrons. The standard InChI is InChI=1S/C33H39N3O6/c1-6-17-34(23-11-9-8-10-12-23)29(38)26-27-30(39)36(19-20-37)28(33(27)21-22(3)32(26,4)42-33)31(40)35(18-7-2)24-13-15-25(41-5)16-14-24/h6-16,22,26-28,37H,1-2,17-21H2,3-5H3/t22?,26-,27-,28?,32+,33?/m0/s1. The number of nitrogens with zero attached hydrogens (tertiary/aromatic N) is 3. The van der Waals surface area contributed by atoms with Gasteiger partial charge in [0.1, 0.15) is 17.4 Å². The lowest BCUT2D eigenvalue weighted by atomic mass is 9.62. The van der Waals surface area contributed by atoms with Gasteiger partial charge < -0.3 is 29.3 Å². The molecular weight excluding hydrogens is 534 g/mol. The van der Waals surface area contributed by atoms with Gasteiger partial charge in [0, 0.05) is 31.0 Å². The van der Waals surface area contributed by atoms with Crippen LogP contribution >= 0.6 is 0 Å². The van der Waals surface area contributed by atoms with Crippen LogP contribution in [0, 0.1) is 17.8 Å². The van der Waals surface area contributed by atoms with Crippen molar-refractivity contribution in [2.75, 3.05) is 43.2 Å². The number of carbonyl (C=O) groups is 3. The first-order chi connectivity index (χ1) is 20.2. The van der Waals surface area contributed by atoms with E-state index in [0.717, 1.165) is 0 Å². The summed E-state index contributed by atoms with van der Waals surface area (Å²) in [4.78, 5) is 48.0. The van der Waals surface area contributed by atoms with Gasteiger partial charge in [0.2, 0.25) is 11.8 Å². The molecule has 1 spiro atoms. The molecule has 9 nitrogen and oxygen atoms in total. The van der Waals surface area contributed by atoms with Crippen LogP contribution in [-0.2, 0) is 19.1 Å². The Bertz CT molecular complexity index is 1360. The molecule has 3 fully saturated rings. The van der Waals surface area contributed by atoms with Gasteiger partial charge in [0.15, 0.2) is 0 Å². The number of para-hydroxylation sites is 1. The Morgan fingerprint density at radius 1 is 1.05 bits per heavy atom. The van der Waals surface area contributed by atoms with Crippen molar-refractivity contribution in [3.05, 3.63) is 79.9 Å². The maximum atomic E-state index is 14.6. The molecule has 3 amide bonds. The highest BCUT2D eigenvalue weighted by atomic mass is 16.5. The normalized spacial score (nSPS) is 29.2. The van der Waals surface area contributed by atoms with Gasteiger partial charge in [-0.1, -0.05) is 37.3 Å². The third-order valence-electron chi connectivity index (χ3n) is 9.26. The van der Waals surface area contributed by atoms with E-state index in [9.17, 15) is 19.5 Å². The van der Waals surface area contributed by atoms with E-state index in [-0.39, 0.29) is 49.9 Å². The van der Waals surface area contributed by atoms with E-state index in [2.05, 4.69) is 13.2 Å². The quantitative estimate of drug-likeness (QED) is 0.414. The number of fused-ring (bicyclic) bond motifs is 1. The third-order valence-corrected chi connectivity index (χ3v) is 9.26. The van der Waals surface area contributed by atoms with Gasteiger partial charge in [-0.3, -0.25) is 14.4 Å². The number of likely N-dealkylation sites (tertiary alicyclic amines) is 1. The fourth-order valence-electron chi connectivity index (χ4n) is 7.33.